The number of hydrogen-bond donors (Lipinski definition) is 2. The minimum absolute atomic E-state index is 0.109. The molecule has 1 aliphatic rings. The molecule has 11 nitrogen and oxygen atoms in total. The minimum Gasteiger partial charge on any atom is -0.495 e. The molecule has 0 spiro atoms. The highest BCUT2D eigenvalue weighted by molar-refractivity contribution is 5.90. The summed E-state index contributed by atoms with van der Waals surface area (Å²) in [6.45, 7) is 2.21. The molecule has 2 heterocycles. The molecule has 2 aromatic carbocycles. The number of aromatic nitrogens is 2. The molecule has 0 atom stereocenters. The van der Waals surface area contributed by atoms with Crippen LogP contribution in [0.25, 0.3) is 11.0 Å². The zero-order valence-corrected chi connectivity index (χ0v) is 16.6. The molecule has 31 heavy (non-hydrogen) atoms. The van der Waals surface area contributed by atoms with Crippen LogP contribution >= 0.6 is 0 Å². The summed E-state index contributed by atoms with van der Waals surface area (Å²) in [5.74, 6) is -0.713. The molecule has 0 amide bonds. The molecular formula is C20H19N5O6. The molecular weight excluding hydrogens is 406 g/mol. The number of nitrogens with zero attached hydrogens (tertiary/aromatic N) is 4. The number of aromatic amines is 1. The normalized spacial score (nSPS) is 14.0. The summed E-state index contributed by atoms with van der Waals surface area (Å²) >= 11 is 0. The van der Waals surface area contributed by atoms with E-state index >= 15 is 0 Å². The lowest BCUT2D eigenvalue weighted by Gasteiger charge is -2.37. The molecule has 1 aliphatic heterocycles. The highest BCUT2D eigenvalue weighted by Gasteiger charge is 2.26. The van der Waals surface area contributed by atoms with Crippen LogP contribution in [0.5, 0.6) is 5.75 Å². The highest BCUT2D eigenvalue weighted by atomic mass is 16.6. The van der Waals surface area contributed by atoms with Crippen molar-refractivity contribution in [3.05, 3.63) is 62.6 Å². The van der Waals surface area contributed by atoms with E-state index in [1.54, 1.807) is 7.11 Å². The lowest BCUT2D eigenvalue weighted by molar-refractivity contribution is -0.384. The van der Waals surface area contributed by atoms with Crippen LogP contribution in [0, 0.1) is 10.1 Å². The first-order valence-electron chi connectivity index (χ1n) is 9.47. The molecule has 1 aromatic heterocycles. The van der Waals surface area contributed by atoms with Gasteiger partial charge in [0.25, 0.3) is 11.2 Å². The van der Waals surface area contributed by atoms with E-state index in [4.69, 9.17) is 9.84 Å². The van der Waals surface area contributed by atoms with Gasteiger partial charge in [-0.25, -0.2) is 9.78 Å². The molecule has 0 bridgehead atoms. The summed E-state index contributed by atoms with van der Waals surface area (Å²) in [5, 5.41) is 20.8. The van der Waals surface area contributed by atoms with Gasteiger partial charge in [-0.2, -0.15) is 0 Å². The highest BCUT2D eigenvalue weighted by Crippen LogP contribution is 2.34. The fourth-order valence-electron chi connectivity index (χ4n) is 3.73. The topological polar surface area (TPSA) is 142 Å². The van der Waals surface area contributed by atoms with Crippen molar-refractivity contribution in [3.63, 3.8) is 0 Å². The Balaban J connectivity index is 1.68. The predicted molar refractivity (Wildman–Crippen MR) is 113 cm³/mol. The van der Waals surface area contributed by atoms with Gasteiger partial charge in [0, 0.05) is 32.2 Å². The number of carboxylic acids is 1. The molecule has 0 saturated carbocycles. The Morgan fingerprint density at radius 2 is 1.81 bits per heavy atom. The number of ether oxygens (including phenoxy) is 1. The average Bonchev–Trinajstić information content (AvgIpc) is 2.77. The van der Waals surface area contributed by atoms with Crippen LogP contribution in [-0.4, -0.2) is 59.3 Å². The quantitative estimate of drug-likeness (QED) is 0.462. The standard InChI is InChI=1S/C20H19N5O6/c1-31-17-5-3-2-4-14(17)23-6-8-24(9-7-23)15-10-12-13(11-16(15)25(29)30)22-19(26)18(21-12)20(27)28/h2-5,10-11H,6-9H2,1H3,(H,22,26)(H,27,28). The van der Waals surface area contributed by atoms with Gasteiger partial charge in [-0.1, -0.05) is 12.1 Å². The maximum atomic E-state index is 11.9. The molecule has 2 N–H and O–H groups in total. The van der Waals surface area contributed by atoms with Crippen LogP contribution < -0.4 is 20.1 Å². The van der Waals surface area contributed by atoms with Gasteiger partial charge in [0.1, 0.15) is 11.4 Å². The lowest BCUT2D eigenvalue weighted by atomic mass is 10.1. The van der Waals surface area contributed by atoms with E-state index in [1.807, 2.05) is 29.2 Å². The fraction of sp³-hybridized carbons (Fsp3) is 0.250. The molecule has 1 saturated heterocycles. The van der Waals surface area contributed by atoms with Gasteiger partial charge >= 0.3 is 5.97 Å². The van der Waals surface area contributed by atoms with Crippen molar-refractivity contribution in [2.75, 3.05) is 43.1 Å². The summed E-state index contributed by atoms with van der Waals surface area (Å²) in [5.41, 5.74) is -0.196. The third-order valence-electron chi connectivity index (χ3n) is 5.23. The number of rotatable bonds is 5. The third-order valence-corrected chi connectivity index (χ3v) is 5.23. The number of para-hydroxylation sites is 2. The van der Waals surface area contributed by atoms with Crippen molar-refractivity contribution in [2.24, 2.45) is 0 Å². The van der Waals surface area contributed by atoms with E-state index in [0.717, 1.165) is 11.4 Å². The summed E-state index contributed by atoms with van der Waals surface area (Å²) in [7, 11) is 1.61. The number of anilines is 2. The number of nitrogens with one attached hydrogen (secondary N) is 1. The number of fused-ring (bicyclic) bond motifs is 1. The Morgan fingerprint density at radius 3 is 2.42 bits per heavy atom. The zero-order valence-electron chi connectivity index (χ0n) is 16.6. The lowest BCUT2D eigenvalue weighted by Crippen LogP contribution is -2.46. The molecule has 4 rings (SSSR count). The van der Waals surface area contributed by atoms with Crippen molar-refractivity contribution in [3.8, 4) is 5.75 Å². The van der Waals surface area contributed by atoms with E-state index in [0.29, 0.717) is 31.9 Å². The summed E-state index contributed by atoms with van der Waals surface area (Å²) in [6.07, 6.45) is 0. The number of aromatic carboxylic acids is 1. The maximum Gasteiger partial charge on any atom is 0.360 e. The van der Waals surface area contributed by atoms with E-state index in [9.17, 15) is 19.7 Å². The first-order valence-corrected chi connectivity index (χ1v) is 9.47. The molecule has 0 aliphatic carbocycles. The minimum atomic E-state index is -1.46. The summed E-state index contributed by atoms with van der Waals surface area (Å²) < 4.78 is 5.42. The van der Waals surface area contributed by atoms with Crippen molar-refractivity contribution in [1.29, 1.82) is 0 Å². The second kappa shape index (κ2) is 7.94. The number of nitro groups is 1. The van der Waals surface area contributed by atoms with E-state index in [2.05, 4.69) is 14.9 Å². The van der Waals surface area contributed by atoms with Gasteiger partial charge in [-0.15, -0.1) is 0 Å². The Kier molecular flexibility index (Phi) is 5.15. The van der Waals surface area contributed by atoms with Crippen molar-refractivity contribution < 1.29 is 19.6 Å². The number of piperazine rings is 1. The van der Waals surface area contributed by atoms with Crippen LogP contribution in [0.15, 0.2) is 41.2 Å². The number of carbonyl (C=O) groups is 1. The molecule has 160 valence electrons. The number of nitro benzene ring substituents is 1. The monoisotopic (exact) mass is 425 g/mol. The summed E-state index contributed by atoms with van der Waals surface area (Å²) in [6, 6.07) is 10.3. The van der Waals surface area contributed by atoms with Crippen molar-refractivity contribution in [1.82, 2.24) is 9.97 Å². The van der Waals surface area contributed by atoms with E-state index in [-0.39, 0.29) is 16.7 Å². The van der Waals surface area contributed by atoms with Crippen LogP contribution in [0.4, 0.5) is 17.1 Å². The Hall–Kier alpha value is -4.15. The molecule has 11 heteroatoms. The number of methoxy groups -OCH3 is 1. The van der Waals surface area contributed by atoms with Crippen LogP contribution in [0.1, 0.15) is 10.5 Å². The van der Waals surface area contributed by atoms with E-state index in [1.165, 1.54) is 12.1 Å². The van der Waals surface area contributed by atoms with Crippen LogP contribution in [-0.2, 0) is 0 Å². The second-order valence-corrected chi connectivity index (χ2v) is 6.98. The number of benzene rings is 2. The van der Waals surface area contributed by atoms with Crippen molar-refractivity contribution in [2.45, 2.75) is 0 Å². The largest absolute Gasteiger partial charge is 0.495 e. The first kappa shape index (κ1) is 20.1. The van der Waals surface area contributed by atoms with Gasteiger partial charge in [0.05, 0.1) is 28.8 Å². The Bertz CT molecular complexity index is 1230. The Labute approximate surface area is 175 Å². The smallest absolute Gasteiger partial charge is 0.360 e. The second-order valence-electron chi connectivity index (χ2n) is 6.98. The number of hydrogen-bond acceptors (Lipinski definition) is 8. The van der Waals surface area contributed by atoms with E-state index < -0.39 is 22.1 Å². The maximum absolute atomic E-state index is 11.9. The third kappa shape index (κ3) is 3.72. The van der Waals surface area contributed by atoms with Gasteiger partial charge < -0.3 is 24.6 Å². The van der Waals surface area contributed by atoms with Crippen LogP contribution in [0.2, 0.25) is 0 Å². The van der Waals surface area contributed by atoms with Gasteiger partial charge in [-0.3, -0.25) is 14.9 Å². The van der Waals surface area contributed by atoms with Crippen molar-refractivity contribution >= 4 is 34.1 Å². The molecule has 3 aromatic rings. The zero-order chi connectivity index (χ0) is 22.1. The Morgan fingerprint density at radius 1 is 1.16 bits per heavy atom. The first-order chi connectivity index (χ1) is 14.9. The van der Waals surface area contributed by atoms with Crippen LogP contribution in [0.3, 0.4) is 0 Å². The molecule has 1 fully saturated rings. The van der Waals surface area contributed by atoms with Gasteiger partial charge in [0.2, 0.25) is 5.69 Å². The molecule has 0 radical (unpaired) electrons. The predicted octanol–water partition coefficient (Wildman–Crippen LogP) is 1.86. The molecule has 0 unspecified atom stereocenters. The number of H-pyrrole nitrogens is 1. The van der Waals surface area contributed by atoms with Gasteiger partial charge in [0.15, 0.2) is 0 Å². The SMILES string of the molecule is COc1ccccc1N1CCN(c2cc3nc(C(=O)O)c(=O)[nH]c3cc2[N+](=O)[O-])CC1. The summed E-state index contributed by atoms with van der Waals surface area (Å²) in [4.78, 5) is 44.5. The fourth-order valence-corrected chi connectivity index (χ4v) is 3.73. The van der Waals surface area contributed by atoms with Gasteiger partial charge in [-0.05, 0) is 18.2 Å². The average molecular weight is 425 g/mol. The number of carboxylic acid groups (broad SMARTS) is 1.